The molecule has 2 rings (SSSR count). The maximum absolute atomic E-state index is 13.9. The summed E-state index contributed by atoms with van der Waals surface area (Å²) in [5, 5.41) is 7.36. The fraction of sp³-hybridized carbons (Fsp3) is 0.438. The summed E-state index contributed by atoms with van der Waals surface area (Å²) in [6.45, 7) is 6.28. The van der Waals surface area contributed by atoms with Crippen LogP contribution in [-0.2, 0) is 19.3 Å². The Kier molecular flexibility index (Phi) is 5.09. The van der Waals surface area contributed by atoms with Gasteiger partial charge in [0.1, 0.15) is 5.82 Å². The molecule has 2 aromatic rings. The summed E-state index contributed by atoms with van der Waals surface area (Å²) in [5.41, 5.74) is 0.670. The number of hydrogen-bond donors (Lipinski definition) is 1. The minimum Gasteiger partial charge on any atom is -0.308 e. The largest absolute Gasteiger partial charge is 0.419 e. The number of alkyl halides is 3. The second-order valence-corrected chi connectivity index (χ2v) is 5.67. The molecule has 1 N–H and O–H groups in total. The van der Waals surface area contributed by atoms with Crippen LogP contribution in [0.4, 0.5) is 17.6 Å². The standard InChI is InChI=1S/C16H19F4N3/c1-10-7-12(3)23(22-10)9-11(2)21-8-13-5-4-6-14(15(13)17)16(18,19)20/h4-7,11,21H,8-9H2,1-3H3. The van der Waals surface area contributed by atoms with Crippen LogP contribution in [0.25, 0.3) is 0 Å². The third-order valence-electron chi connectivity index (χ3n) is 3.58. The van der Waals surface area contributed by atoms with Crippen LogP contribution in [-0.4, -0.2) is 15.8 Å². The first-order chi connectivity index (χ1) is 10.7. The Labute approximate surface area is 132 Å². The first-order valence-electron chi connectivity index (χ1n) is 7.27. The lowest BCUT2D eigenvalue weighted by molar-refractivity contribution is -0.140. The van der Waals surface area contributed by atoms with Gasteiger partial charge in [0.15, 0.2) is 0 Å². The van der Waals surface area contributed by atoms with Crippen molar-refractivity contribution >= 4 is 0 Å². The average molecular weight is 329 g/mol. The highest BCUT2D eigenvalue weighted by atomic mass is 19.4. The maximum atomic E-state index is 13.9. The molecule has 1 atom stereocenters. The highest BCUT2D eigenvalue weighted by molar-refractivity contribution is 5.28. The zero-order chi connectivity index (χ0) is 17.2. The Morgan fingerprint density at radius 3 is 2.52 bits per heavy atom. The fourth-order valence-corrected chi connectivity index (χ4v) is 2.40. The number of hydrogen-bond acceptors (Lipinski definition) is 2. The Morgan fingerprint density at radius 1 is 1.26 bits per heavy atom. The normalized spacial score (nSPS) is 13.3. The lowest BCUT2D eigenvalue weighted by Gasteiger charge is -2.16. The van der Waals surface area contributed by atoms with Gasteiger partial charge in [-0.05, 0) is 32.9 Å². The molecule has 1 heterocycles. The van der Waals surface area contributed by atoms with Crippen molar-refractivity contribution in [3.8, 4) is 0 Å². The van der Waals surface area contributed by atoms with E-state index in [1.807, 2.05) is 31.5 Å². The number of nitrogens with zero attached hydrogens (tertiary/aromatic N) is 2. The predicted molar refractivity (Wildman–Crippen MR) is 79.4 cm³/mol. The minimum atomic E-state index is -4.69. The van der Waals surface area contributed by atoms with Gasteiger partial charge in [0, 0.05) is 23.8 Å². The topological polar surface area (TPSA) is 29.9 Å². The van der Waals surface area contributed by atoms with Crippen LogP contribution in [0.3, 0.4) is 0 Å². The number of aryl methyl sites for hydroxylation is 2. The molecule has 23 heavy (non-hydrogen) atoms. The average Bonchev–Trinajstić information content (AvgIpc) is 2.74. The molecule has 0 spiro atoms. The summed E-state index contributed by atoms with van der Waals surface area (Å²) >= 11 is 0. The molecule has 1 unspecified atom stereocenters. The molecule has 3 nitrogen and oxygen atoms in total. The van der Waals surface area contributed by atoms with E-state index in [9.17, 15) is 17.6 Å². The SMILES string of the molecule is Cc1cc(C)n(CC(C)NCc2cccc(C(F)(F)F)c2F)n1. The quantitative estimate of drug-likeness (QED) is 0.845. The number of benzene rings is 1. The molecule has 0 aliphatic carbocycles. The molecule has 0 fully saturated rings. The Morgan fingerprint density at radius 2 is 1.96 bits per heavy atom. The lowest BCUT2D eigenvalue weighted by atomic mass is 10.1. The van der Waals surface area contributed by atoms with Gasteiger partial charge in [-0.25, -0.2) is 4.39 Å². The van der Waals surface area contributed by atoms with Gasteiger partial charge in [-0.1, -0.05) is 12.1 Å². The predicted octanol–water partition coefficient (Wildman–Crippen LogP) is 3.84. The Balaban J connectivity index is 2.02. The molecule has 0 aliphatic heterocycles. The summed E-state index contributed by atoms with van der Waals surface area (Å²) in [6.07, 6.45) is -4.69. The third kappa shape index (κ3) is 4.31. The highest BCUT2D eigenvalue weighted by Gasteiger charge is 2.34. The highest BCUT2D eigenvalue weighted by Crippen LogP contribution is 2.32. The smallest absolute Gasteiger partial charge is 0.308 e. The van der Waals surface area contributed by atoms with Gasteiger partial charge in [-0.3, -0.25) is 4.68 Å². The van der Waals surface area contributed by atoms with E-state index in [0.29, 0.717) is 6.54 Å². The van der Waals surface area contributed by atoms with Gasteiger partial charge in [0.25, 0.3) is 0 Å². The summed E-state index contributed by atoms with van der Waals surface area (Å²) in [5.74, 6) is -1.22. The van der Waals surface area contributed by atoms with Gasteiger partial charge in [0.2, 0.25) is 0 Å². The molecule has 0 saturated carbocycles. The zero-order valence-electron chi connectivity index (χ0n) is 13.2. The molecule has 1 aromatic carbocycles. The number of nitrogens with one attached hydrogen (secondary N) is 1. The third-order valence-corrected chi connectivity index (χ3v) is 3.58. The molecule has 0 amide bonds. The molecule has 1 aromatic heterocycles. The Bertz CT molecular complexity index is 676. The minimum absolute atomic E-state index is 0.0000396. The van der Waals surface area contributed by atoms with Crippen LogP contribution < -0.4 is 5.32 Å². The van der Waals surface area contributed by atoms with E-state index < -0.39 is 17.6 Å². The van der Waals surface area contributed by atoms with Crippen molar-refractivity contribution < 1.29 is 17.6 Å². The summed E-state index contributed by atoms with van der Waals surface area (Å²) < 4.78 is 53.8. The van der Waals surface area contributed by atoms with Gasteiger partial charge in [-0.15, -0.1) is 0 Å². The Hall–Kier alpha value is -1.89. The van der Waals surface area contributed by atoms with Gasteiger partial charge in [0.05, 0.1) is 17.8 Å². The van der Waals surface area contributed by atoms with Gasteiger partial charge in [-0.2, -0.15) is 18.3 Å². The summed E-state index contributed by atoms with van der Waals surface area (Å²) in [6, 6.07) is 5.20. The first kappa shape index (κ1) is 17.5. The molecule has 7 heteroatoms. The van der Waals surface area contributed by atoms with Crippen LogP contribution in [0, 0.1) is 19.7 Å². The molecule has 0 aliphatic rings. The first-order valence-corrected chi connectivity index (χ1v) is 7.27. The molecule has 0 saturated heterocycles. The van der Waals surface area contributed by atoms with Crippen LogP contribution in [0.2, 0.25) is 0 Å². The van der Waals surface area contributed by atoms with E-state index in [1.165, 1.54) is 12.1 Å². The number of rotatable bonds is 5. The number of aromatic nitrogens is 2. The molecule has 0 radical (unpaired) electrons. The maximum Gasteiger partial charge on any atom is 0.419 e. The molecular weight excluding hydrogens is 310 g/mol. The van der Waals surface area contributed by atoms with Gasteiger partial charge < -0.3 is 5.32 Å². The van der Waals surface area contributed by atoms with Crippen LogP contribution in [0.15, 0.2) is 24.3 Å². The van der Waals surface area contributed by atoms with E-state index in [1.54, 1.807) is 0 Å². The van der Waals surface area contributed by atoms with Crippen molar-refractivity contribution in [1.29, 1.82) is 0 Å². The van der Waals surface area contributed by atoms with E-state index >= 15 is 0 Å². The van der Waals surface area contributed by atoms with Crippen LogP contribution in [0.1, 0.15) is 29.4 Å². The fourth-order valence-electron chi connectivity index (χ4n) is 2.40. The van der Waals surface area contributed by atoms with Crippen molar-refractivity contribution in [2.75, 3.05) is 0 Å². The van der Waals surface area contributed by atoms with Crippen molar-refractivity contribution in [2.45, 2.75) is 46.1 Å². The molecule has 0 bridgehead atoms. The molecule has 126 valence electrons. The zero-order valence-corrected chi connectivity index (χ0v) is 13.2. The van der Waals surface area contributed by atoms with Crippen molar-refractivity contribution in [2.24, 2.45) is 0 Å². The monoisotopic (exact) mass is 329 g/mol. The second-order valence-electron chi connectivity index (χ2n) is 5.67. The van der Waals surface area contributed by atoms with Crippen molar-refractivity contribution in [3.63, 3.8) is 0 Å². The van der Waals surface area contributed by atoms with E-state index in [-0.39, 0.29) is 18.2 Å². The molecular formula is C16H19F4N3. The van der Waals surface area contributed by atoms with Crippen LogP contribution >= 0.6 is 0 Å². The van der Waals surface area contributed by atoms with Crippen molar-refractivity contribution in [3.05, 3.63) is 52.6 Å². The number of halogens is 4. The van der Waals surface area contributed by atoms with Gasteiger partial charge >= 0.3 is 6.18 Å². The second kappa shape index (κ2) is 6.70. The lowest BCUT2D eigenvalue weighted by Crippen LogP contribution is -2.31. The van der Waals surface area contributed by atoms with Crippen molar-refractivity contribution in [1.82, 2.24) is 15.1 Å². The summed E-state index contributed by atoms with van der Waals surface area (Å²) in [4.78, 5) is 0. The van der Waals surface area contributed by atoms with E-state index in [4.69, 9.17) is 0 Å². The van der Waals surface area contributed by atoms with E-state index in [0.717, 1.165) is 17.5 Å². The van der Waals surface area contributed by atoms with E-state index in [2.05, 4.69) is 10.4 Å². The summed E-state index contributed by atoms with van der Waals surface area (Å²) in [7, 11) is 0. The van der Waals surface area contributed by atoms with Crippen LogP contribution in [0.5, 0.6) is 0 Å².